The van der Waals surface area contributed by atoms with Crippen LogP contribution in [-0.4, -0.2) is 27.9 Å². The van der Waals surface area contributed by atoms with E-state index in [0.717, 1.165) is 18.5 Å². The van der Waals surface area contributed by atoms with Gasteiger partial charge in [0.15, 0.2) is 11.5 Å². The topological polar surface area (TPSA) is 39.7 Å². The van der Waals surface area contributed by atoms with Gasteiger partial charge in [-0.15, -0.1) is 0 Å². The maximum absolute atomic E-state index is 5.82. The minimum absolute atomic E-state index is 0.612. The third-order valence-electron chi connectivity index (χ3n) is 2.84. The van der Waals surface area contributed by atoms with Crippen molar-refractivity contribution in [2.45, 2.75) is 26.8 Å². The van der Waals surface area contributed by atoms with Crippen molar-refractivity contribution < 1.29 is 14.2 Å². The number of hydrogen-bond donors (Lipinski definition) is 1. The fraction of sp³-hybridized carbons (Fsp3) is 0.600. The van der Waals surface area contributed by atoms with Crippen molar-refractivity contribution in [3.63, 3.8) is 0 Å². The minimum Gasteiger partial charge on any atom is -0.493 e. The van der Waals surface area contributed by atoms with E-state index in [-0.39, 0.29) is 0 Å². The molecule has 4 nitrogen and oxygen atoms in total. The summed E-state index contributed by atoms with van der Waals surface area (Å²) in [5, 5.41) is 3.11. The molecule has 0 heterocycles. The molecular weight excluding hydrogens is 242 g/mol. The first-order valence-corrected chi connectivity index (χ1v) is 6.64. The average molecular weight is 267 g/mol. The molecular formula is C15H25NO3. The first-order valence-electron chi connectivity index (χ1n) is 6.64. The fourth-order valence-electron chi connectivity index (χ4n) is 1.78. The van der Waals surface area contributed by atoms with Gasteiger partial charge in [0, 0.05) is 6.54 Å². The summed E-state index contributed by atoms with van der Waals surface area (Å²) in [5.41, 5.74) is 1.10. The highest BCUT2D eigenvalue weighted by molar-refractivity contribution is 5.53. The number of methoxy groups -OCH3 is 2. The van der Waals surface area contributed by atoms with Crippen molar-refractivity contribution in [2.75, 3.05) is 27.9 Å². The van der Waals surface area contributed by atoms with Gasteiger partial charge in [-0.05, 0) is 37.1 Å². The largest absolute Gasteiger partial charge is 0.493 e. The molecule has 0 spiro atoms. The van der Waals surface area contributed by atoms with Crippen LogP contribution in [0.15, 0.2) is 12.1 Å². The molecule has 1 N–H and O–H groups in total. The zero-order valence-corrected chi connectivity index (χ0v) is 12.6. The van der Waals surface area contributed by atoms with Gasteiger partial charge < -0.3 is 19.5 Å². The summed E-state index contributed by atoms with van der Waals surface area (Å²) in [4.78, 5) is 0. The number of ether oxygens (including phenoxy) is 3. The molecule has 0 aromatic heterocycles. The van der Waals surface area contributed by atoms with Crippen LogP contribution in [0, 0.1) is 5.92 Å². The molecule has 0 unspecified atom stereocenters. The van der Waals surface area contributed by atoms with Crippen LogP contribution in [0.2, 0.25) is 0 Å². The molecule has 4 heteroatoms. The van der Waals surface area contributed by atoms with Gasteiger partial charge in [-0.3, -0.25) is 0 Å². The number of nitrogens with one attached hydrogen (secondary N) is 1. The lowest BCUT2D eigenvalue weighted by atomic mass is 10.1. The Balaban J connectivity index is 2.92. The van der Waals surface area contributed by atoms with Crippen LogP contribution in [0.5, 0.6) is 17.2 Å². The summed E-state index contributed by atoms with van der Waals surface area (Å²) in [6.07, 6.45) is 1.00. The first kappa shape index (κ1) is 15.6. The van der Waals surface area contributed by atoms with Crippen molar-refractivity contribution in [2.24, 2.45) is 5.92 Å². The molecule has 0 fully saturated rings. The molecule has 0 radical (unpaired) electrons. The van der Waals surface area contributed by atoms with Gasteiger partial charge in [-0.2, -0.15) is 0 Å². The third kappa shape index (κ3) is 4.63. The molecule has 0 atom stereocenters. The Morgan fingerprint density at radius 1 is 1.11 bits per heavy atom. The van der Waals surface area contributed by atoms with Crippen LogP contribution in [0.1, 0.15) is 25.8 Å². The van der Waals surface area contributed by atoms with Crippen molar-refractivity contribution in [3.05, 3.63) is 17.7 Å². The summed E-state index contributed by atoms with van der Waals surface area (Å²) in [6.45, 7) is 5.77. The van der Waals surface area contributed by atoms with Gasteiger partial charge in [0.2, 0.25) is 5.75 Å². The molecule has 1 rings (SSSR count). The van der Waals surface area contributed by atoms with Gasteiger partial charge in [0.1, 0.15) is 0 Å². The molecule has 0 amide bonds. The highest BCUT2D eigenvalue weighted by Gasteiger charge is 2.14. The van der Waals surface area contributed by atoms with Gasteiger partial charge in [-0.1, -0.05) is 13.8 Å². The predicted octanol–water partition coefficient (Wildman–Crippen LogP) is 2.85. The molecule has 108 valence electrons. The van der Waals surface area contributed by atoms with Gasteiger partial charge in [-0.25, -0.2) is 0 Å². The van der Waals surface area contributed by atoms with Crippen molar-refractivity contribution in [1.82, 2.24) is 5.32 Å². The molecule has 0 saturated heterocycles. The SMILES string of the molecule is CNCc1cc(OC)c(OCCC(C)C)c(OC)c1. The van der Waals surface area contributed by atoms with Crippen molar-refractivity contribution >= 4 is 0 Å². The van der Waals surface area contributed by atoms with E-state index in [4.69, 9.17) is 14.2 Å². The van der Waals surface area contributed by atoms with Crippen LogP contribution in [0.3, 0.4) is 0 Å². The Bertz CT molecular complexity index is 366. The van der Waals surface area contributed by atoms with E-state index in [2.05, 4.69) is 19.2 Å². The summed E-state index contributed by atoms with van der Waals surface area (Å²) in [7, 11) is 5.20. The van der Waals surface area contributed by atoms with Crippen molar-refractivity contribution in [3.8, 4) is 17.2 Å². The van der Waals surface area contributed by atoms with Crippen LogP contribution in [0.4, 0.5) is 0 Å². The highest BCUT2D eigenvalue weighted by Crippen LogP contribution is 2.38. The lowest BCUT2D eigenvalue weighted by molar-refractivity contribution is 0.257. The number of benzene rings is 1. The maximum Gasteiger partial charge on any atom is 0.203 e. The van der Waals surface area contributed by atoms with E-state index in [0.29, 0.717) is 29.8 Å². The second-order valence-electron chi connectivity index (χ2n) is 4.89. The predicted molar refractivity (Wildman–Crippen MR) is 77.3 cm³/mol. The minimum atomic E-state index is 0.612. The van der Waals surface area contributed by atoms with Gasteiger partial charge in [0.05, 0.1) is 20.8 Å². The first-order chi connectivity index (χ1) is 9.12. The lowest BCUT2D eigenvalue weighted by Crippen LogP contribution is -2.08. The number of hydrogen-bond acceptors (Lipinski definition) is 4. The zero-order valence-electron chi connectivity index (χ0n) is 12.6. The molecule has 0 bridgehead atoms. The van der Waals surface area contributed by atoms with Crippen LogP contribution in [0.25, 0.3) is 0 Å². The molecule has 1 aromatic rings. The van der Waals surface area contributed by atoms with Crippen LogP contribution < -0.4 is 19.5 Å². The summed E-state index contributed by atoms with van der Waals surface area (Å²) in [5.74, 6) is 2.73. The zero-order chi connectivity index (χ0) is 14.3. The van der Waals surface area contributed by atoms with E-state index in [1.165, 1.54) is 0 Å². The average Bonchev–Trinajstić information content (AvgIpc) is 2.39. The summed E-state index contributed by atoms with van der Waals surface area (Å²) >= 11 is 0. The Morgan fingerprint density at radius 2 is 1.68 bits per heavy atom. The Labute approximate surface area is 116 Å². The molecule has 0 aliphatic heterocycles. The smallest absolute Gasteiger partial charge is 0.203 e. The summed E-state index contributed by atoms with van der Waals surface area (Å²) < 4.78 is 16.6. The molecule has 0 aliphatic rings. The van der Waals surface area contributed by atoms with E-state index >= 15 is 0 Å². The van der Waals surface area contributed by atoms with Gasteiger partial charge >= 0.3 is 0 Å². The Hall–Kier alpha value is -1.42. The lowest BCUT2D eigenvalue weighted by Gasteiger charge is -2.16. The van der Waals surface area contributed by atoms with Crippen LogP contribution >= 0.6 is 0 Å². The number of rotatable bonds is 8. The summed E-state index contributed by atoms with van der Waals surface area (Å²) in [6, 6.07) is 3.95. The monoisotopic (exact) mass is 267 g/mol. The third-order valence-corrected chi connectivity index (χ3v) is 2.84. The molecule has 1 aromatic carbocycles. The normalized spacial score (nSPS) is 10.6. The second-order valence-corrected chi connectivity index (χ2v) is 4.89. The van der Waals surface area contributed by atoms with E-state index in [1.807, 2.05) is 19.2 Å². The van der Waals surface area contributed by atoms with E-state index in [9.17, 15) is 0 Å². The van der Waals surface area contributed by atoms with Crippen LogP contribution in [-0.2, 0) is 6.54 Å². The van der Waals surface area contributed by atoms with Crippen molar-refractivity contribution in [1.29, 1.82) is 0 Å². The maximum atomic E-state index is 5.82. The van der Waals surface area contributed by atoms with E-state index in [1.54, 1.807) is 14.2 Å². The Kier molecular flexibility index (Phi) is 6.50. The fourth-order valence-corrected chi connectivity index (χ4v) is 1.78. The molecule has 19 heavy (non-hydrogen) atoms. The highest BCUT2D eigenvalue weighted by atomic mass is 16.5. The Morgan fingerprint density at radius 3 is 2.11 bits per heavy atom. The van der Waals surface area contributed by atoms with Gasteiger partial charge in [0.25, 0.3) is 0 Å². The molecule has 0 saturated carbocycles. The second kappa shape index (κ2) is 7.89. The standard InChI is InChI=1S/C15H25NO3/c1-11(2)6-7-19-15-13(17-4)8-12(10-16-3)9-14(15)18-5/h8-9,11,16H,6-7,10H2,1-5H3. The van der Waals surface area contributed by atoms with E-state index < -0.39 is 0 Å². The quantitative estimate of drug-likeness (QED) is 0.786. The molecule has 0 aliphatic carbocycles.